The quantitative estimate of drug-likeness (QED) is 0.562. The van der Waals surface area contributed by atoms with Crippen molar-refractivity contribution in [2.24, 2.45) is 5.84 Å². The van der Waals surface area contributed by atoms with E-state index >= 15 is 0 Å². The van der Waals surface area contributed by atoms with Crippen molar-refractivity contribution in [3.8, 4) is 0 Å². The van der Waals surface area contributed by atoms with Crippen LogP contribution in [0.25, 0.3) is 10.8 Å². The predicted molar refractivity (Wildman–Crippen MR) is 85.0 cm³/mol. The fourth-order valence-electron chi connectivity index (χ4n) is 2.43. The number of benzene rings is 2. The summed E-state index contributed by atoms with van der Waals surface area (Å²) < 4.78 is 14.8. The van der Waals surface area contributed by atoms with Gasteiger partial charge in [-0.15, -0.1) is 0 Å². The Labute approximate surface area is 130 Å². The number of pyridine rings is 1. The fourth-order valence-corrected chi connectivity index (χ4v) is 2.81. The molecular formula is C16H13BrFN3. The molecule has 0 bridgehead atoms. The van der Waals surface area contributed by atoms with Crippen LogP contribution in [0.1, 0.15) is 17.3 Å². The molecule has 3 nitrogen and oxygen atoms in total. The summed E-state index contributed by atoms with van der Waals surface area (Å²) in [6, 6.07) is 14.4. The molecule has 21 heavy (non-hydrogen) atoms. The molecular weight excluding hydrogens is 333 g/mol. The number of halogens is 2. The summed E-state index contributed by atoms with van der Waals surface area (Å²) in [5, 5.41) is 1.99. The van der Waals surface area contributed by atoms with Crippen molar-refractivity contribution >= 4 is 26.7 Å². The maximum Gasteiger partial charge on any atom is 0.142 e. The lowest BCUT2D eigenvalue weighted by Gasteiger charge is -2.18. The largest absolute Gasteiger partial charge is 0.271 e. The first-order valence-electron chi connectivity index (χ1n) is 6.46. The number of hydrazine groups is 1. The van der Waals surface area contributed by atoms with E-state index in [-0.39, 0.29) is 5.82 Å². The van der Waals surface area contributed by atoms with E-state index in [0.717, 1.165) is 10.8 Å². The topological polar surface area (TPSA) is 50.9 Å². The van der Waals surface area contributed by atoms with Crippen molar-refractivity contribution in [1.29, 1.82) is 0 Å². The smallest absolute Gasteiger partial charge is 0.142 e. The van der Waals surface area contributed by atoms with Gasteiger partial charge in [-0.25, -0.2) is 9.82 Å². The van der Waals surface area contributed by atoms with Gasteiger partial charge in [0.15, 0.2) is 0 Å². The number of nitrogens with one attached hydrogen (secondary N) is 1. The van der Waals surface area contributed by atoms with Crippen LogP contribution >= 0.6 is 15.9 Å². The number of rotatable bonds is 3. The summed E-state index contributed by atoms with van der Waals surface area (Å²) >= 11 is 3.20. The number of hydrogen-bond donors (Lipinski definition) is 2. The van der Waals surface area contributed by atoms with Gasteiger partial charge in [0.25, 0.3) is 0 Å². The Morgan fingerprint density at radius 3 is 2.71 bits per heavy atom. The van der Waals surface area contributed by atoms with Gasteiger partial charge in [0.2, 0.25) is 0 Å². The molecule has 0 aliphatic heterocycles. The average Bonchev–Trinajstić information content (AvgIpc) is 2.52. The van der Waals surface area contributed by atoms with Gasteiger partial charge in [0, 0.05) is 17.1 Å². The van der Waals surface area contributed by atoms with Crippen LogP contribution in [-0.4, -0.2) is 4.98 Å². The molecule has 1 atom stereocenters. The summed E-state index contributed by atoms with van der Waals surface area (Å²) in [4.78, 5) is 4.40. The summed E-state index contributed by atoms with van der Waals surface area (Å²) in [5.41, 5.74) is 3.83. The number of nitrogens with zero attached hydrogens (tertiary/aromatic N) is 1. The van der Waals surface area contributed by atoms with Crippen LogP contribution in [0, 0.1) is 5.82 Å². The van der Waals surface area contributed by atoms with E-state index in [9.17, 15) is 4.39 Å². The predicted octanol–water partition coefficient (Wildman–Crippen LogP) is 3.69. The third-order valence-electron chi connectivity index (χ3n) is 3.44. The second-order valence-electron chi connectivity index (χ2n) is 4.66. The highest BCUT2D eigenvalue weighted by Gasteiger charge is 2.21. The Morgan fingerprint density at radius 2 is 1.90 bits per heavy atom. The lowest BCUT2D eigenvalue weighted by molar-refractivity contribution is 0.551. The first-order chi connectivity index (χ1) is 10.2. The SMILES string of the molecule is NNC(c1cccc(Br)c1F)c1nccc2ccccc12. The molecule has 1 unspecified atom stereocenters. The van der Waals surface area contributed by atoms with Crippen molar-refractivity contribution in [1.82, 2.24) is 10.4 Å². The first kappa shape index (κ1) is 14.1. The van der Waals surface area contributed by atoms with Gasteiger partial charge in [-0.05, 0) is 33.4 Å². The molecule has 0 amide bonds. The van der Waals surface area contributed by atoms with E-state index in [1.54, 1.807) is 24.4 Å². The van der Waals surface area contributed by atoms with Crippen LogP contribution in [0.2, 0.25) is 0 Å². The normalized spacial score (nSPS) is 12.5. The minimum Gasteiger partial charge on any atom is -0.271 e. The molecule has 1 heterocycles. The highest BCUT2D eigenvalue weighted by atomic mass is 79.9. The molecule has 3 aromatic rings. The molecule has 106 valence electrons. The van der Waals surface area contributed by atoms with E-state index < -0.39 is 6.04 Å². The van der Waals surface area contributed by atoms with Crippen molar-refractivity contribution in [3.05, 3.63) is 76.3 Å². The molecule has 2 aromatic carbocycles. The first-order valence-corrected chi connectivity index (χ1v) is 7.25. The lowest BCUT2D eigenvalue weighted by atomic mass is 9.99. The number of aromatic nitrogens is 1. The van der Waals surface area contributed by atoms with Crippen LogP contribution in [0.4, 0.5) is 4.39 Å². The van der Waals surface area contributed by atoms with Crippen LogP contribution < -0.4 is 11.3 Å². The van der Waals surface area contributed by atoms with E-state index in [1.165, 1.54) is 0 Å². The van der Waals surface area contributed by atoms with Gasteiger partial charge < -0.3 is 0 Å². The van der Waals surface area contributed by atoms with Gasteiger partial charge in [0.1, 0.15) is 5.82 Å². The highest BCUT2D eigenvalue weighted by molar-refractivity contribution is 9.10. The zero-order chi connectivity index (χ0) is 14.8. The molecule has 0 aliphatic rings. The molecule has 0 aliphatic carbocycles. The van der Waals surface area contributed by atoms with Gasteiger partial charge in [-0.2, -0.15) is 0 Å². The summed E-state index contributed by atoms with van der Waals surface area (Å²) in [7, 11) is 0. The summed E-state index contributed by atoms with van der Waals surface area (Å²) in [6.45, 7) is 0. The Balaban J connectivity index is 2.21. The number of nitrogens with two attached hydrogens (primary N) is 1. The standard InChI is InChI=1S/C16H13BrFN3/c17-13-7-3-6-12(14(13)18)16(21-19)15-11-5-2-1-4-10(11)8-9-20-15/h1-9,16,21H,19H2. The van der Waals surface area contributed by atoms with Gasteiger partial charge in [0.05, 0.1) is 16.2 Å². The number of hydrogen-bond acceptors (Lipinski definition) is 3. The summed E-state index contributed by atoms with van der Waals surface area (Å²) in [5.74, 6) is 5.34. The maximum atomic E-state index is 14.4. The fraction of sp³-hybridized carbons (Fsp3) is 0.0625. The molecule has 0 radical (unpaired) electrons. The molecule has 0 spiro atoms. The van der Waals surface area contributed by atoms with Crippen LogP contribution in [0.15, 0.2) is 59.2 Å². The Kier molecular flexibility index (Phi) is 3.96. The Bertz CT molecular complexity index is 786. The van der Waals surface area contributed by atoms with Crippen LogP contribution in [0.3, 0.4) is 0 Å². The minimum absolute atomic E-state index is 0.338. The van der Waals surface area contributed by atoms with E-state index in [0.29, 0.717) is 15.7 Å². The maximum absolute atomic E-state index is 14.4. The van der Waals surface area contributed by atoms with E-state index in [4.69, 9.17) is 5.84 Å². The van der Waals surface area contributed by atoms with Crippen LogP contribution in [-0.2, 0) is 0 Å². The monoisotopic (exact) mass is 345 g/mol. The zero-order valence-corrected chi connectivity index (χ0v) is 12.6. The molecule has 0 fully saturated rings. The molecule has 5 heteroatoms. The van der Waals surface area contributed by atoms with Crippen molar-refractivity contribution in [2.45, 2.75) is 6.04 Å². The van der Waals surface area contributed by atoms with E-state index in [2.05, 4.69) is 26.3 Å². The highest BCUT2D eigenvalue weighted by Crippen LogP contribution is 2.30. The van der Waals surface area contributed by atoms with Gasteiger partial charge in [-0.3, -0.25) is 10.8 Å². The second-order valence-corrected chi connectivity index (χ2v) is 5.51. The molecule has 3 N–H and O–H groups in total. The molecule has 1 aromatic heterocycles. The summed E-state index contributed by atoms with van der Waals surface area (Å²) in [6.07, 6.45) is 1.71. The Morgan fingerprint density at radius 1 is 1.10 bits per heavy atom. The van der Waals surface area contributed by atoms with E-state index in [1.807, 2.05) is 30.3 Å². The zero-order valence-electron chi connectivity index (χ0n) is 11.1. The van der Waals surface area contributed by atoms with Crippen LogP contribution in [0.5, 0.6) is 0 Å². The van der Waals surface area contributed by atoms with Gasteiger partial charge >= 0.3 is 0 Å². The molecule has 3 rings (SSSR count). The molecule has 0 saturated heterocycles. The number of fused-ring (bicyclic) bond motifs is 1. The lowest BCUT2D eigenvalue weighted by Crippen LogP contribution is -2.30. The molecule has 0 saturated carbocycles. The van der Waals surface area contributed by atoms with Crippen molar-refractivity contribution in [3.63, 3.8) is 0 Å². The Hall–Kier alpha value is -1.82. The second kappa shape index (κ2) is 5.89. The third-order valence-corrected chi connectivity index (χ3v) is 4.05. The van der Waals surface area contributed by atoms with Crippen molar-refractivity contribution in [2.75, 3.05) is 0 Å². The minimum atomic E-state index is -0.520. The average molecular weight is 346 g/mol. The van der Waals surface area contributed by atoms with Crippen molar-refractivity contribution < 1.29 is 4.39 Å². The third kappa shape index (κ3) is 2.55. The van der Waals surface area contributed by atoms with Gasteiger partial charge in [-0.1, -0.05) is 36.4 Å².